The van der Waals surface area contributed by atoms with Gasteiger partial charge in [-0.1, -0.05) is 27.7 Å². The van der Waals surface area contributed by atoms with Gasteiger partial charge in [0.25, 0.3) is 0 Å². The van der Waals surface area contributed by atoms with Crippen molar-refractivity contribution in [3.05, 3.63) is 0 Å². The van der Waals surface area contributed by atoms with E-state index in [1.54, 1.807) is 0 Å². The highest BCUT2D eigenvalue weighted by Crippen LogP contribution is 2.25. The minimum absolute atomic E-state index is 0.170. The lowest BCUT2D eigenvalue weighted by Crippen LogP contribution is -2.51. The van der Waals surface area contributed by atoms with Crippen molar-refractivity contribution in [3.8, 4) is 0 Å². The first-order chi connectivity index (χ1) is 7.13. The van der Waals surface area contributed by atoms with Gasteiger partial charge in [0.2, 0.25) is 0 Å². The van der Waals surface area contributed by atoms with E-state index >= 15 is 0 Å². The molecule has 0 spiro atoms. The molecule has 16 heavy (non-hydrogen) atoms. The van der Waals surface area contributed by atoms with Gasteiger partial charge in [0, 0.05) is 6.54 Å². The summed E-state index contributed by atoms with van der Waals surface area (Å²) in [6.07, 6.45) is 0. The fourth-order valence-corrected chi connectivity index (χ4v) is 1.04. The first-order valence-electron chi connectivity index (χ1n) is 6.05. The molecule has 1 N–H and O–H groups in total. The van der Waals surface area contributed by atoms with Gasteiger partial charge in [-0.25, -0.2) is 0 Å². The van der Waals surface area contributed by atoms with E-state index in [0.29, 0.717) is 12.5 Å². The van der Waals surface area contributed by atoms with Crippen molar-refractivity contribution < 1.29 is 9.53 Å². The molecule has 0 aliphatic heterocycles. The fourth-order valence-electron chi connectivity index (χ4n) is 1.04. The summed E-state index contributed by atoms with van der Waals surface area (Å²) >= 11 is 0. The minimum atomic E-state index is -0.609. The van der Waals surface area contributed by atoms with Crippen LogP contribution < -0.4 is 5.32 Å². The van der Waals surface area contributed by atoms with Gasteiger partial charge in [-0.2, -0.15) is 0 Å². The minimum Gasteiger partial charge on any atom is -0.465 e. The Morgan fingerprint density at radius 3 is 2.12 bits per heavy atom. The standard InChI is InChI=1S/C13H27NO2/c1-8-16-11(15)13(6,7)14-9-12(4,5)10(2)3/h10,14H,8-9H2,1-7H3. The third-order valence-electron chi connectivity index (χ3n) is 3.33. The Balaban J connectivity index is 4.33. The molecule has 0 unspecified atom stereocenters. The summed E-state index contributed by atoms with van der Waals surface area (Å²) in [5.41, 5.74) is -0.439. The van der Waals surface area contributed by atoms with Gasteiger partial charge >= 0.3 is 5.97 Å². The highest BCUT2D eigenvalue weighted by molar-refractivity contribution is 5.79. The summed E-state index contributed by atoms with van der Waals surface area (Å²) in [4.78, 5) is 11.7. The van der Waals surface area contributed by atoms with Crippen LogP contribution in [0, 0.1) is 11.3 Å². The second-order valence-corrected chi connectivity index (χ2v) is 5.84. The van der Waals surface area contributed by atoms with Crippen molar-refractivity contribution in [1.82, 2.24) is 5.32 Å². The first-order valence-corrected chi connectivity index (χ1v) is 6.05. The molecule has 0 saturated heterocycles. The molecule has 3 heteroatoms. The van der Waals surface area contributed by atoms with E-state index in [4.69, 9.17) is 4.74 Å². The molecule has 96 valence electrons. The molecule has 3 nitrogen and oxygen atoms in total. The summed E-state index contributed by atoms with van der Waals surface area (Å²) in [5, 5.41) is 3.29. The quantitative estimate of drug-likeness (QED) is 0.711. The zero-order valence-electron chi connectivity index (χ0n) is 11.8. The largest absolute Gasteiger partial charge is 0.465 e. The lowest BCUT2D eigenvalue weighted by atomic mass is 9.80. The Labute approximate surface area is 99.9 Å². The predicted molar refractivity (Wildman–Crippen MR) is 67.3 cm³/mol. The lowest BCUT2D eigenvalue weighted by Gasteiger charge is -2.34. The second kappa shape index (κ2) is 5.67. The molecular formula is C13H27NO2. The molecule has 0 aliphatic rings. The summed E-state index contributed by atoms with van der Waals surface area (Å²) in [7, 11) is 0. The summed E-state index contributed by atoms with van der Waals surface area (Å²) < 4.78 is 5.03. The van der Waals surface area contributed by atoms with E-state index in [1.807, 2.05) is 20.8 Å². The van der Waals surface area contributed by atoms with Gasteiger partial charge in [0.15, 0.2) is 0 Å². The third-order valence-corrected chi connectivity index (χ3v) is 3.33. The third kappa shape index (κ3) is 4.52. The maximum Gasteiger partial charge on any atom is 0.325 e. The van der Waals surface area contributed by atoms with E-state index in [1.165, 1.54) is 0 Å². The molecule has 0 rings (SSSR count). The molecule has 0 amide bonds. The van der Waals surface area contributed by atoms with E-state index in [-0.39, 0.29) is 11.4 Å². The van der Waals surface area contributed by atoms with Gasteiger partial charge in [0.05, 0.1) is 6.61 Å². The maximum absolute atomic E-state index is 11.7. The highest BCUT2D eigenvalue weighted by Gasteiger charge is 2.32. The van der Waals surface area contributed by atoms with Crippen LogP contribution in [0.5, 0.6) is 0 Å². The smallest absolute Gasteiger partial charge is 0.325 e. The van der Waals surface area contributed by atoms with E-state index in [0.717, 1.165) is 6.54 Å². The van der Waals surface area contributed by atoms with Crippen molar-refractivity contribution in [3.63, 3.8) is 0 Å². The fraction of sp³-hybridized carbons (Fsp3) is 0.923. The number of carbonyl (C=O) groups is 1. The van der Waals surface area contributed by atoms with Crippen LogP contribution >= 0.6 is 0 Å². The molecule has 0 atom stereocenters. The van der Waals surface area contributed by atoms with Crippen LogP contribution in [0.3, 0.4) is 0 Å². The Morgan fingerprint density at radius 1 is 1.25 bits per heavy atom. The van der Waals surface area contributed by atoms with Crippen LogP contribution in [0.25, 0.3) is 0 Å². The first kappa shape index (κ1) is 15.4. The molecule has 0 aromatic rings. The number of esters is 1. The van der Waals surface area contributed by atoms with Crippen LogP contribution in [-0.4, -0.2) is 24.7 Å². The zero-order valence-corrected chi connectivity index (χ0v) is 11.8. The monoisotopic (exact) mass is 229 g/mol. The van der Waals surface area contributed by atoms with Gasteiger partial charge in [-0.15, -0.1) is 0 Å². The van der Waals surface area contributed by atoms with E-state index in [9.17, 15) is 4.79 Å². The molecule has 0 bridgehead atoms. The Kier molecular flexibility index (Phi) is 5.47. The van der Waals surface area contributed by atoms with Crippen LogP contribution in [0.15, 0.2) is 0 Å². The molecule has 0 radical (unpaired) electrons. The Hall–Kier alpha value is -0.570. The molecular weight excluding hydrogens is 202 g/mol. The average Bonchev–Trinajstić information content (AvgIpc) is 2.15. The molecule has 0 fully saturated rings. The van der Waals surface area contributed by atoms with Crippen LogP contribution in [-0.2, 0) is 9.53 Å². The summed E-state index contributed by atoms with van der Waals surface area (Å²) in [6, 6.07) is 0. The Morgan fingerprint density at radius 2 is 1.75 bits per heavy atom. The number of rotatable bonds is 6. The van der Waals surface area contributed by atoms with E-state index in [2.05, 4.69) is 33.0 Å². The van der Waals surface area contributed by atoms with Crippen molar-refractivity contribution in [2.45, 2.75) is 54.0 Å². The average molecular weight is 229 g/mol. The number of nitrogens with one attached hydrogen (secondary N) is 1. The Bertz CT molecular complexity index is 232. The molecule has 0 saturated carbocycles. The van der Waals surface area contributed by atoms with Crippen molar-refractivity contribution in [2.75, 3.05) is 13.2 Å². The maximum atomic E-state index is 11.7. The lowest BCUT2D eigenvalue weighted by molar-refractivity contribution is -0.150. The SMILES string of the molecule is CCOC(=O)C(C)(C)NCC(C)(C)C(C)C. The molecule has 0 aromatic heterocycles. The topological polar surface area (TPSA) is 38.3 Å². The van der Waals surface area contributed by atoms with Crippen molar-refractivity contribution in [1.29, 1.82) is 0 Å². The van der Waals surface area contributed by atoms with Gasteiger partial charge in [0.1, 0.15) is 5.54 Å². The number of hydrogen-bond acceptors (Lipinski definition) is 3. The predicted octanol–water partition coefficient (Wildman–Crippen LogP) is 2.60. The van der Waals surface area contributed by atoms with Crippen LogP contribution in [0.2, 0.25) is 0 Å². The van der Waals surface area contributed by atoms with Crippen molar-refractivity contribution >= 4 is 5.97 Å². The van der Waals surface area contributed by atoms with Gasteiger partial charge < -0.3 is 10.1 Å². The highest BCUT2D eigenvalue weighted by atomic mass is 16.5. The number of ether oxygens (including phenoxy) is 1. The normalized spacial score (nSPS) is 13.0. The van der Waals surface area contributed by atoms with Gasteiger partial charge in [-0.3, -0.25) is 4.79 Å². The van der Waals surface area contributed by atoms with Crippen molar-refractivity contribution in [2.24, 2.45) is 11.3 Å². The summed E-state index contributed by atoms with van der Waals surface area (Å²) in [6.45, 7) is 15.6. The zero-order chi connectivity index (χ0) is 13.0. The molecule has 0 aromatic carbocycles. The number of hydrogen-bond donors (Lipinski definition) is 1. The summed E-state index contributed by atoms with van der Waals surface area (Å²) in [5.74, 6) is 0.382. The molecule has 0 aliphatic carbocycles. The van der Waals surface area contributed by atoms with E-state index < -0.39 is 5.54 Å². The van der Waals surface area contributed by atoms with Crippen LogP contribution in [0.1, 0.15) is 48.5 Å². The molecule has 0 heterocycles. The van der Waals surface area contributed by atoms with Gasteiger partial charge in [-0.05, 0) is 32.1 Å². The van der Waals surface area contributed by atoms with Crippen LogP contribution in [0.4, 0.5) is 0 Å². The number of carbonyl (C=O) groups excluding carboxylic acids is 1. The second-order valence-electron chi connectivity index (χ2n) is 5.84.